The second-order valence-corrected chi connectivity index (χ2v) is 11.6. The van der Waals surface area contributed by atoms with E-state index >= 15 is 0 Å². The van der Waals surface area contributed by atoms with Gasteiger partial charge in [0.25, 0.3) is 0 Å². The Balaban J connectivity index is 1.72. The maximum absolute atomic E-state index is 12.9. The van der Waals surface area contributed by atoms with E-state index in [0.717, 1.165) is 51.5 Å². The van der Waals surface area contributed by atoms with Gasteiger partial charge in [-0.05, 0) is 87.8 Å². The van der Waals surface area contributed by atoms with Crippen LogP contribution in [0.25, 0.3) is 33.1 Å². The lowest BCUT2D eigenvalue weighted by Crippen LogP contribution is -2.42. The number of aliphatic hydroxyl groups excluding tert-OH is 1. The average molecular weight is 480 g/mol. The van der Waals surface area contributed by atoms with Crippen LogP contribution in [0.15, 0.2) is 53.6 Å². The molecule has 34 heavy (non-hydrogen) atoms. The minimum absolute atomic E-state index is 0.262. The predicted octanol–water partition coefficient (Wildman–Crippen LogP) is 4.27. The Morgan fingerprint density at radius 3 is 2.62 bits per heavy atom. The molecule has 1 fully saturated rings. The van der Waals surface area contributed by atoms with Crippen molar-refractivity contribution in [3.63, 3.8) is 0 Å². The minimum atomic E-state index is -3.31. The summed E-state index contributed by atoms with van der Waals surface area (Å²) in [6.07, 6.45) is 2.01. The van der Waals surface area contributed by atoms with Crippen LogP contribution in [0.3, 0.4) is 0 Å². The topological polar surface area (TPSA) is 95.5 Å². The van der Waals surface area contributed by atoms with E-state index in [1.54, 1.807) is 31.3 Å². The number of sulfone groups is 1. The van der Waals surface area contributed by atoms with Crippen molar-refractivity contribution >= 4 is 31.8 Å². The summed E-state index contributed by atoms with van der Waals surface area (Å²) in [5.74, 6) is 0.593. The number of aliphatic hydroxyl groups is 1. The van der Waals surface area contributed by atoms with Crippen molar-refractivity contribution in [2.45, 2.75) is 49.2 Å². The van der Waals surface area contributed by atoms with Crippen molar-refractivity contribution in [1.82, 2.24) is 14.9 Å². The molecular weight excluding hydrogens is 450 g/mol. The lowest BCUT2D eigenvalue weighted by atomic mass is 9.99. The first kappa shape index (κ1) is 22.8. The van der Waals surface area contributed by atoms with Gasteiger partial charge in [-0.2, -0.15) is 0 Å². The summed E-state index contributed by atoms with van der Waals surface area (Å²) in [6.45, 7) is 3.68. The Labute approximate surface area is 199 Å². The molecule has 0 bridgehead atoms. The third kappa shape index (κ3) is 3.96. The van der Waals surface area contributed by atoms with Gasteiger partial charge in [0.15, 0.2) is 16.1 Å². The first-order valence-electron chi connectivity index (χ1n) is 11.4. The Bertz CT molecular complexity index is 1480. The van der Waals surface area contributed by atoms with Crippen LogP contribution in [-0.4, -0.2) is 60.1 Å². The molecule has 1 saturated carbocycles. The van der Waals surface area contributed by atoms with Gasteiger partial charge in [0.1, 0.15) is 17.5 Å². The quantitative estimate of drug-likeness (QED) is 0.384. The van der Waals surface area contributed by atoms with Gasteiger partial charge in [-0.1, -0.05) is 12.1 Å². The van der Waals surface area contributed by atoms with E-state index in [0.29, 0.717) is 10.6 Å². The first-order chi connectivity index (χ1) is 16.2. The second kappa shape index (κ2) is 8.37. The Morgan fingerprint density at radius 1 is 1.18 bits per heavy atom. The summed E-state index contributed by atoms with van der Waals surface area (Å²) >= 11 is 0. The van der Waals surface area contributed by atoms with E-state index < -0.39 is 22.2 Å². The van der Waals surface area contributed by atoms with Crippen molar-refractivity contribution in [1.29, 1.82) is 0 Å². The van der Waals surface area contributed by atoms with E-state index in [4.69, 9.17) is 4.74 Å². The third-order valence-electron chi connectivity index (χ3n) is 6.31. The summed E-state index contributed by atoms with van der Waals surface area (Å²) in [5.41, 5.74) is 4.21. The molecule has 4 aromatic rings. The maximum Gasteiger partial charge on any atom is 0.181 e. The Kier molecular flexibility index (Phi) is 5.62. The van der Waals surface area contributed by atoms with Crippen molar-refractivity contribution in [2.24, 2.45) is 0 Å². The van der Waals surface area contributed by atoms with Crippen LogP contribution in [0, 0.1) is 6.92 Å². The normalized spacial score (nSPS) is 16.3. The molecule has 0 saturated heterocycles. The first-order valence-corrected chi connectivity index (χ1v) is 13.0. The molecule has 2 unspecified atom stereocenters. The number of aryl methyl sites for hydroxylation is 1. The largest absolute Gasteiger partial charge is 0.470 e. The molecule has 0 radical (unpaired) electrons. The Hall–Kier alpha value is -2.94. The second-order valence-electron chi connectivity index (χ2n) is 9.38. The zero-order chi connectivity index (χ0) is 24.2. The SMILES string of the molecule is Cc1cnc2[nH]c3c(OC(C(C)O)N(C)C)ccc(-c4cccc(S(=O)(=O)C5CC5)c4)c3c2c1. The summed E-state index contributed by atoms with van der Waals surface area (Å²) in [5, 5.41) is 11.8. The van der Waals surface area contributed by atoms with E-state index in [9.17, 15) is 13.5 Å². The molecule has 2 aromatic carbocycles. The average Bonchev–Trinajstić information content (AvgIpc) is 3.59. The molecule has 5 rings (SSSR count). The monoisotopic (exact) mass is 479 g/mol. The highest BCUT2D eigenvalue weighted by Gasteiger charge is 2.37. The number of ether oxygens (including phenoxy) is 1. The molecule has 0 aliphatic heterocycles. The highest BCUT2D eigenvalue weighted by atomic mass is 32.2. The number of nitrogens with one attached hydrogen (secondary N) is 1. The van der Waals surface area contributed by atoms with Crippen LogP contribution in [-0.2, 0) is 9.84 Å². The van der Waals surface area contributed by atoms with Gasteiger partial charge in [-0.3, -0.25) is 4.90 Å². The van der Waals surface area contributed by atoms with Crippen LogP contribution in [0.2, 0.25) is 0 Å². The van der Waals surface area contributed by atoms with E-state index in [2.05, 4.69) is 16.0 Å². The molecule has 0 amide bonds. The molecule has 1 aliphatic rings. The van der Waals surface area contributed by atoms with E-state index in [1.165, 1.54) is 0 Å². The number of hydrogen-bond donors (Lipinski definition) is 2. The van der Waals surface area contributed by atoms with Gasteiger partial charge >= 0.3 is 0 Å². The van der Waals surface area contributed by atoms with Gasteiger partial charge in [-0.25, -0.2) is 13.4 Å². The van der Waals surface area contributed by atoms with E-state index in [-0.39, 0.29) is 5.25 Å². The zero-order valence-corrected chi connectivity index (χ0v) is 20.6. The number of nitrogens with zero attached hydrogens (tertiary/aromatic N) is 2. The molecule has 7 nitrogen and oxygen atoms in total. The summed E-state index contributed by atoms with van der Waals surface area (Å²) in [7, 11) is 0.397. The van der Waals surface area contributed by atoms with Crippen LogP contribution in [0.1, 0.15) is 25.3 Å². The van der Waals surface area contributed by atoms with Gasteiger partial charge < -0.3 is 14.8 Å². The standard InChI is InChI=1S/C26H29N3O4S/c1-15-12-21-23-20(17-6-5-7-19(13-17)34(31,32)18-8-9-18)10-11-22(24(23)28-25(21)27-14-15)33-26(16(2)30)29(3)4/h5-7,10-14,16,18,26,30H,8-9H2,1-4H3,(H,27,28). The van der Waals surface area contributed by atoms with Crippen molar-refractivity contribution in [2.75, 3.05) is 14.1 Å². The molecule has 2 N–H and O–H groups in total. The molecule has 2 aromatic heterocycles. The van der Waals surface area contributed by atoms with Gasteiger partial charge in [-0.15, -0.1) is 0 Å². The molecular formula is C26H29N3O4S. The number of fused-ring (bicyclic) bond motifs is 3. The minimum Gasteiger partial charge on any atom is -0.470 e. The smallest absolute Gasteiger partial charge is 0.181 e. The number of rotatable bonds is 7. The number of aromatic amines is 1. The molecule has 8 heteroatoms. The van der Waals surface area contributed by atoms with Gasteiger partial charge in [0.05, 0.1) is 15.7 Å². The summed E-state index contributed by atoms with van der Waals surface area (Å²) in [4.78, 5) is 10.1. The number of likely N-dealkylation sites (N-methyl/N-ethyl adjacent to an activating group) is 1. The summed E-state index contributed by atoms with van der Waals surface area (Å²) < 4.78 is 32.0. The molecule has 2 heterocycles. The number of hydrogen-bond acceptors (Lipinski definition) is 6. The zero-order valence-electron chi connectivity index (χ0n) is 19.7. The molecule has 178 valence electrons. The van der Waals surface area contributed by atoms with E-state index in [1.807, 2.05) is 44.1 Å². The highest BCUT2D eigenvalue weighted by Crippen LogP contribution is 2.41. The van der Waals surface area contributed by atoms with Crippen LogP contribution >= 0.6 is 0 Å². The fourth-order valence-electron chi connectivity index (χ4n) is 4.48. The van der Waals surface area contributed by atoms with Gasteiger partial charge in [0.2, 0.25) is 0 Å². The fourth-order valence-corrected chi connectivity index (χ4v) is 6.18. The number of pyridine rings is 1. The molecule has 1 aliphatic carbocycles. The highest BCUT2D eigenvalue weighted by molar-refractivity contribution is 7.92. The van der Waals surface area contributed by atoms with Crippen molar-refractivity contribution < 1.29 is 18.3 Å². The molecule has 0 spiro atoms. The fraction of sp³-hybridized carbons (Fsp3) is 0.346. The number of aromatic nitrogens is 2. The van der Waals surface area contributed by atoms with Crippen molar-refractivity contribution in [3.8, 4) is 16.9 Å². The van der Waals surface area contributed by atoms with Crippen LogP contribution in [0.5, 0.6) is 5.75 Å². The summed E-state index contributed by atoms with van der Waals surface area (Å²) in [6, 6.07) is 13.1. The lowest BCUT2D eigenvalue weighted by Gasteiger charge is -2.28. The van der Waals surface area contributed by atoms with Gasteiger partial charge in [0, 0.05) is 17.0 Å². The maximum atomic E-state index is 12.9. The van der Waals surface area contributed by atoms with Crippen LogP contribution in [0.4, 0.5) is 0 Å². The number of benzene rings is 2. The predicted molar refractivity (Wildman–Crippen MR) is 134 cm³/mol. The lowest BCUT2D eigenvalue weighted by molar-refractivity contribution is -0.0340. The van der Waals surface area contributed by atoms with Crippen LogP contribution < -0.4 is 4.74 Å². The van der Waals surface area contributed by atoms with Crippen molar-refractivity contribution in [3.05, 3.63) is 54.2 Å². The Morgan fingerprint density at radius 2 is 1.94 bits per heavy atom. The number of H-pyrrole nitrogens is 1. The third-order valence-corrected chi connectivity index (χ3v) is 8.57. The molecule has 2 atom stereocenters.